The van der Waals surface area contributed by atoms with E-state index in [2.05, 4.69) is 65.8 Å². The van der Waals surface area contributed by atoms with Crippen LogP contribution in [-0.4, -0.2) is 38.3 Å². The minimum absolute atomic E-state index is 0.0359. The highest BCUT2D eigenvalue weighted by Crippen LogP contribution is 2.20. The fourth-order valence-electron chi connectivity index (χ4n) is 3.80. The number of nitrogens with one attached hydrogen (secondary N) is 1. The maximum Gasteiger partial charge on any atom is 0.282 e. The monoisotopic (exact) mass is 396 g/mol. The largest absolute Gasteiger partial charge is 0.378 e. The second-order valence-corrected chi connectivity index (χ2v) is 8.26. The molecular weight excluding hydrogens is 362 g/mol. The van der Waals surface area contributed by atoms with Crippen LogP contribution in [0.25, 0.3) is 0 Å². The van der Waals surface area contributed by atoms with Crippen molar-refractivity contribution < 1.29 is 14.8 Å². The molecule has 0 spiro atoms. The smallest absolute Gasteiger partial charge is 0.282 e. The van der Waals surface area contributed by atoms with Crippen LogP contribution in [0.3, 0.4) is 0 Å². The molecule has 0 aromatic heterocycles. The van der Waals surface area contributed by atoms with Crippen LogP contribution in [0.5, 0.6) is 0 Å². The normalized spacial score (nSPS) is 16.5. The van der Waals surface area contributed by atoms with Gasteiger partial charge < -0.3 is 20.3 Å². The molecule has 0 bridgehead atoms. The van der Waals surface area contributed by atoms with Gasteiger partial charge in [0.1, 0.15) is 6.04 Å². The Bertz CT molecular complexity index is 755. The van der Waals surface area contributed by atoms with Crippen LogP contribution in [0.2, 0.25) is 0 Å². The summed E-state index contributed by atoms with van der Waals surface area (Å²) in [5.41, 5.74) is 3.29. The molecule has 0 unspecified atom stereocenters. The second-order valence-electron chi connectivity index (χ2n) is 8.26. The minimum Gasteiger partial charge on any atom is -0.378 e. The molecule has 3 N–H and O–H groups in total. The Balaban J connectivity index is 1.58. The van der Waals surface area contributed by atoms with Gasteiger partial charge in [-0.15, -0.1) is 0 Å². The van der Waals surface area contributed by atoms with E-state index in [9.17, 15) is 4.79 Å². The molecule has 0 radical (unpaired) electrons. The van der Waals surface area contributed by atoms with Crippen LogP contribution in [-0.2, 0) is 9.53 Å². The van der Waals surface area contributed by atoms with Gasteiger partial charge in [-0.1, -0.05) is 44.2 Å². The van der Waals surface area contributed by atoms with Crippen LogP contribution in [0.4, 0.5) is 11.4 Å². The molecule has 1 aliphatic rings. The first-order valence-electron chi connectivity index (χ1n) is 10.7. The summed E-state index contributed by atoms with van der Waals surface area (Å²) >= 11 is 0. The summed E-state index contributed by atoms with van der Waals surface area (Å²) in [6.45, 7) is 9.79. The third-order valence-electron chi connectivity index (χ3n) is 5.40. The Labute approximate surface area is 174 Å². The molecule has 2 aromatic rings. The number of anilines is 2. The lowest BCUT2D eigenvalue weighted by molar-refractivity contribution is -0.714. The molecule has 0 saturated carbocycles. The molecule has 1 amide bonds. The molecule has 1 heterocycles. The van der Waals surface area contributed by atoms with Crippen molar-refractivity contribution >= 4 is 17.3 Å². The highest BCUT2D eigenvalue weighted by Gasteiger charge is 2.24. The lowest BCUT2D eigenvalue weighted by Crippen LogP contribution is -2.92. The average molecular weight is 397 g/mol. The van der Waals surface area contributed by atoms with Gasteiger partial charge in [0.25, 0.3) is 5.91 Å². The zero-order chi connectivity index (χ0) is 20.6. The minimum atomic E-state index is -0.169. The third kappa shape index (κ3) is 6.31. The van der Waals surface area contributed by atoms with E-state index in [-0.39, 0.29) is 18.0 Å². The molecule has 1 saturated heterocycles. The van der Waals surface area contributed by atoms with E-state index in [0.29, 0.717) is 5.92 Å². The number of benzene rings is 2. The molecular formula is C24H34N3O2+. The van der Waals surface area contributed by atoms with Crippen molar-refractivity contribution in [1.29, 1.82) is 0 Å². The topological polar surface area (TPSA) is 58.2 Å². The van der Waals surface area contributed by atoms with Crippen LogP contribution < -0.4 is 15.5 Å². The van der Waals surface area contributed by atoms with E-state index in [1.807, 2.05) is 25.1 Å². The van der Waals surface area contributed by atoms with E-state index >= 15 is 0 Å². The Hall–Kier alpha value is -2.37. The standard InChI is InChI=1S/C24H33N3O2/c1-18(2)17-23(20-7-5-4-6-8-20)25-19(3)24(28)26-21-9-11-22(12-10-21)27-13-15-29-16-14-27/h4-12,18-19,23,25H,13-17H2,1-3H3,(H,26,28)/p+1/t19-,23-/m0/s1. The van der Waals surface area contributed by atoms with Gasteiger partial charge >= 0.3 is 0 Å². The molecule has 0 aliphatic carbocycles. The Morgan fingerprint density at radius 3 is 2.31 bits per heavy atom. The molecule has 156 valence electrons. The van der Waals surface area contributed by atoms with Crippen LogP contribution in [0, 0.1) is 5.92 Å². The fraction of sp³-hybridized carbons (Fsp3) is 0.458. The predicted octanol–water partition coefficient (Wildman–Crippen LogP) is 3.20. The van der Waals surface area contributed by atoms with Gasteiger partial charge in [0.05, 0.1) is 13.2 Å². The number of quaternary nitrogens is 1. The number of hydrogen-bond acceptors (Lipinski definition) is 3. The van der Waals surface area contributed by atoms with E-state index < -0.39 is 0 Å². The third-order valence-corrected chi connectivity index (χ3v) is 5.40. The maximum absolute atomic E-state index is 12.8. The molecule has 3 rings (SSSR count). The van der Waals surface area contributed by atoms with E-state index in [0.717, 1.165) is 38.4 Å². The van der Waals surface area contributed by atoms with E-state index in [1.54, 1.807) is 0 Å². The summed E-state index contributed by atoms with van der Waals surface area (Å²) in [6.07, 6.45) is 1.04. The van der Waals surface area contributed by atoms with Crippen molar-refractivity contribution in [2.24, 2.45) is 5.92 Å². The lowest BCUT2D eigenvalue weighted by atomic mass is 9.96. The Kier molecular flexibility index (Phi) is 7.67. The first-order valence-corrected chi connectivity index (χ1v) is 10.7. The van der Waals surface area contributed by atoms with Gasteiger partial charge in [0, 0.05) is 36.4 Å². The van der Waals surface area contributed by atoms with Gasteiger partial charge in [-0.05, 0) is 37.1 Å². The summed E-state index contributed by atoms with van der Waals surface area (Å²) < 4.78 is 5.41. The molecule has 2 atom stereocenters. The molecule has 2 aromatic carbocycles. The number of morpholine rings is 1. The van der Waals surface area contributed by atoms with E-state index in [1.165, 1.54) is 11.3 Å². The van der Waals surface area contributed by atoms with Gasteiger partial charge in [0.15, 0.2) is 6.04 Å². The molecule has 1 aliphatic heterocycles. The highest BCUT2D eigenvalue weighted by atomic mass is 16.5. The number of carbonyl (C=O) groups excluding carboxylic acids is 1. The summed E-state index contributed by atoms with van der Waals surface area (Å²) in [6, 6.07) is 18.7. The van der Waals surface area contributed by atoms with Crippen LogP contribution in [0.1, 0.15) is 38.8 Å². The quantitative estimate of drug-likeness (QED) is 0.720. The van der Waals surface area contributed by atoms with Gasteiger partial charge in [-0.2, -0.15) is 0 Å². The molecule has 5 nitrogen and oxygen atoms in total. The number of hydrogen-bond donors (Lipinski definition) is 2. The van der Waals surface area contributed by atoms with Crippen molar-refractivity contribution in [2.75, 3.05) is 36.5 Å². The fourth-order valence-corrected chi connectivity index (χ4v) is 3.80. The summed E-state index contributed by atoms with van der Waals surface area (Å²) in [5.74, 6) is 0.605. The van der Waals surface area contributed by atoms with Gasteiger partial charge in [-0.25, -0.2) is 0 Å². The maximum atomic E-state index is 12.8. The summed E-state index contributed by atoms with van der Waals surface area (Å²) in [4.78, 5) is 15.1. The number of amides is 1. The van der Waals surface area contributed by atoms with Crippen molar-refractivity contribution in [3.05, 3.63) is 60.2 Å². The number of nitrogens with two attached hydrogens (primary N) is 1. The predicted molar refractivity (Wildman–Crippen MR) is 118 cm³/mol. The molecule has 5 heteroatoms. The van der Waals surface area contributed by atoms with Crippen LogP contribution in [0.15, 0.2) is 54.6 Å². The number of nitrogens with zero attached hydrogens (tertiary/aromatic N) is 1. The second kappa shape index (κ2) is 10.4. The summed E-state index contributed by atoms with van der Waals surface area (Å²) in [5, 5.41) is 5.26. The van der Waals surface area contributed by atoms with Crippen LogP contribution >= 0.6 is 0 Å². The zero-order valence-electron chi connectivity index (χ0n) is 17.8. The van der Waals surface area contributed by atoms with E-state index in [4.69, 9.17) is 4.74 Å². The summed E-state index contributed by atoms with van der Waals surface area (Å²) in [7, 11) is 0. The highest BCUT2D eigenvalue weighted by molar-refractivity contribution is 5.93. The zero-order valence-corrected chi connectivity index (χ0v) is 17.8. The number of carbonyl (C=O) groups is 1. The molecule has 1 fully saturated rings. The lowest BCUT2D eigenvalue weighted by Gasteiger charge is -2.29. The van der Waals surface area contributed by atoms with Crippen molar-refractivity contribution in [1.82, 2.24) is 0 Å². The first kappa shape index (κ1) is 21.3. The van der Waals surface area contributed by atoms with Gasteiger partial charge in [-0.3, -0.25) is 4.79 Å². The number of ether oxygens (including phenoxy) is 1. The van der Waals surface area contributed by atoms with Crippen molar-refractivity contribution in [2.45, 2.75) is 39.3 Å². The Morgan fingerprint density at radius 2 is 1.69 bits per heavy atom. The van der Waals surface area contributed by atoms with Crippen molar-refractivity contribution in [3.8, 4) is 0 Å². The SMILES string of the molecule is CC(C)C[C@H]([NH2+][C@@H](C)C(=O)Nc1ccc(N2CCOCC2)cc1)c1ccccc1. The first-order chi connectivity index (χ1) is 14.0. The number of rotatable bonds is 8. The average Bonchev–Trinajstić information content (AvgIpc) is 2.74. The Morgan fingerprint density at radius 1 is 1.03 bits per heavy atom. The molecule has 29 heavy (non-hydrogen) atoms. The van der Waals surface area contributed by atoms with Gasteiger partial charge in [0.2, 0.25) is 0 Å². The van der Waals surface area contributed by atoms with Crippen molar-refractivity contribution in [3.63, 3.8) is 0 Å².